The fourth-order valence-electron chi connectivity index (χ4n) is 2.56. The molecule has 1 aliphatic heterocycles. The van der Waals surface area contributed by atoms with Gasteiger partial charge >= 0.3 is 6.09 Å². The van der Waals surface area contributed by atoms with Gasteiger partial charge in [0.2, 0.25) is 0 Å². The van der Waals surface area contributed by atoms with E-state index in [4.69, 9.17) is 10.5 Å². The van der Waals surface area contributed by atoms with E-state index in [0.717, 1.165) is 24.1 Å². The molecule has 0 saturated heterocycles. The SMILES string of the molecule is CC(OC(N)=O)c1nc(C2(C)CC2)cc2c1CNC2=O. The van der Waals surface area contributed by atoms with E-state index in [1.54, 1.807) is 6.92 Å². The number of ether oxygens (including phenoxy) is 1. The quantitative estimate of drug-likeness (QED) is 0.874. The number of hydrogen-bond donors (Lipinski definition) is 2. The smallest absolute Gasteiger partial charge is 0.405 e. The van der Waals surface area contributed by atoms with Crippen molar-refractivity contribution in [1.29, 1.82) is 0 Å². The van der Waals surface area contributed by atoms with Crippen LogP contribution in [-0.2, 0) is 16.7 Å². The van der Waals surface area contributed by atoms with Crippen LogP contribution in [0.4, 0.5) is 4.79 Å². The molecule has 2 aliphatic rings. The Morgan fingerprint density at radius 1 is 1.55 bits per heavy atom. The first-order valence-electron chi connectivity index (χ1n) is 6.69. The number of hydrogen-bond acceptors (Lipinski definition) is 4. The van der Waals surface area contributed by atoms with Crippen LogP contribution in [-0.4, -0.2) is 17.0 Å². The van der Waals surface area contributed by atoms with Gasteiger partial charge in [-0.25, -0.2) is 4.79 Å². The summed E-state index contributed by atoms with van der Waals surface area (Å²) in [6, 6.07) is 1.87. The summed E-state index contributed by atoms with van der Waals surface area (Å²) in [6.07, 6.45) is 0.722. The first-order chi connectivity index (χ1) is 9.40. The van der Waals surface area contributed by atoms with Gasteiger partial charge in [0.1, 0.15) is 6.10 Å². The molecule has 1 saturated carbocycles. The van der Waals surface area contributed by atoms with E-state index < -0.39 is 12.2 Å². The Balaban J connectivity index is 2.08. The molecule has 0 radical (unpaired) electrons. The molecule has 3 N–H and O–H groups in total. The van der Waals surface area contributed by atoms with Crippen LogP contribution in [0.25, 0.3) is 0 Å². The van der Waals surface area contributed by atoms with Gasteiger partial charge < -0.3 is 15.8 Å². The van der Waals surface area contributed by atoms with Crippen LogP contribution < -0.4 is 11.1 Å². The van der Waals surface area contributed by atoms with Crippen molar-refractivity contribution in [3.05, 3.63) is 28.6 Å². The van der Waals surface area contributed by atoms with Crippen LogP contribution in [0, 0.1) is 0 Å². The van der Waals surface area contributed by atoms with E-state index in [0.29, 0.717) is 17.8 Å². The lowest BCUT2D eigenvalue weighted by Crippen LogP contribution is -2.19. The Kier molecular flexibility index (Phi) is 2.70. The number of carbonyl (C=O) groups excluding carboxylic acids is 2. The Hall–Kier alpha value is -2.11. The van der Waals surface area contributed by atoms with Crippen molar-refractivity contribution in [2.24, 2.45) is 5.73 Å². The number of amides is 2. The molecule has 106 valence electrons. The minimum atomic E-state index is -0.839. The summed E-state index contributed by atoms with van der Waals surface area (Å²) in [6.45, 7) is 4.26. The molecule has 1 aliphatic carbocycles. The van der Waals surface area contributed by atoms with E-state index in [2.05, 4.69) is 17.2 Å². The number of nitrogens with one attached hydrogen (secondary N) is 1. The zero-order valence-corrected chi connectivity index (χ0v) is 11.5. The maximum atomic E-state index is 11.9. The lowest BCUT2D eigenvalue weighted by molar-refractivity contribution is 0.0965. The third kappa shape index (κ3) is 2.01. The van der Waals surface area contributed by atoms with E-state index in [-0.39, 0.29) is 11.3 Å². The van der Waals surface area contributed by atoms with Crippen molar-refractivity contribution in [3.63, 3.8) is 0 Å². The molecule has 2 heterocycles. The fourth-order valence-corrected chi connectivity index (χ4v) is 2.56. The fraction of sp³-hybridized carbons (Fsp3) is 0.500. The third-order valence-electron chi connectivity index (χ3n) is 4.12. The number of nitrogens with zero attached hydrogens (tertiary/aromatic N) is 1. The van der Waals surface area contributed by atoms with E-state index in [1.807, 2.05) is 6.07 Å². The largest absolute Gasteiger partial charge is 0.440 e. The summed E-state index contributed by atoms with van der Waals surface area (Å²) in [4.78, 5) is 27.5. The average molecular weight is 275 g/mol. The maximum Gasteiger partial charge on any atom is 0.405 e. The maximum absolute atomic E-state index is 11.9. The van der Waals surface area contributed by atoms with Crippen LogP contribution in [0.3, 0.4) is 0 Å². The average Bonchev–Trinajstić information content (AvgIpc) is 3.03. The van der Waals surface area contributed by atoms with Gasteiger partial charge in [0.05, 0.1) is 5.69 Å². The second-order valence-corrected chi connectivity index (χ2v) is 5.74. The molecule has 0 spiro atoms. The molecular weight excluding hydrogens is 258 g/mol. The number of nitrogens with two attached hydrogens (primary N) is 1. The number of aromatic nitrogens is 1. The van der Waals surface area contributed by atoms with Crippen molar-refractivity contribution >= 4 is 12.0 Å². The highest BCUT2D eigenvalue weighted by Gasteiger charge is 2.42. The second kappa shape index (κ2) is 4.19. The number of rotatable bonds is 3. The topological polar surface area (TPSA) is 94.3 Å². The van der Waals surface area contributed by atoms with Crippen LogP contribution in [0.2, 0.25) is 0 Å². The van der Waals surface area contributed by atoms with Crippen LogP contribution in [0.1, 0.15) is 60.1 Å². The van der Waals surface area contributed by atoms with Crippen molar-refractivity contribution in [1.82, 2.24) is 10.3 Å². The molecule has 6 heteroatoms. The van der Waals surface area contributed by atoms with Crippen molar-refractivity contribution in [2.75, 3.05) is 0 Å². The summed E-state index contributed by atoms with van der Waals surface area (Å²) in [7, 11) is 0. The van der Waals surface area contributed by atoms with Gasteiger partial charge in [-0.05, 0) is 25.8 Å². The zero-order valence-electron chi connectivity index (χ0n) is 11.5. The van der Waals surface area contributed by atoms with Crippen LogP contribution >= 0.6 is 0 Å². The van der Waals surface area contributed by atoms with Gasteiger partial charge in [-0.15, -0.1) is 0 Å². The summed E-state index contributed by atoms with van der Waals surface area (Å²) in [5.41, 5.74) is 8.07. The normalized spacial score (nSPS) is 20.0. The summed E-state index contributed by atoms with van der Waals surface area (Å²) >= 11 is 0. The molecule has 20 heavy (non-hydrogen) atoms. The number of fused-ring (bicyclic) bond motifs is 1. The lowest BCUT2D eigenvalue weighted by Gasteiger charge is -2.17. The lowest BCUT2D eigenvalue weighted by atomic mass is 9.98. The molecule has 0 bridgehead atoms. The van der Waals surface area contributed by atoms with E-state index >= 15 is 0 Å². The highest BCUT2D eigenvalue weighted by molar-refractivity contribution is 5.98. The predicted molar refractivity (Wildman–Crippen MR) is 71.1 cm³/mol. The van der Waals surface area contributed by atoms with E-state index in [9.17, 15) is 9.59 Å². The Bertz CT molecular complexity index is 608. The number of primary amides is 1. The van der Waals surface area contributed by atoms with Gasteiger partial charge in [0.25, 0.3) is 5.91 Å². The predicted octanol–water partition coefficient (Wildman–Crippen LogP) is 1.53. The Morgan fingerprint density at radius 3 is 2.85 bits per heavy atom. The van der Waals surface area contributed by atoms with Gasteiger partial charge in [0.15, 0.2) is 0 Å². The van der Waals surface area contributed by atoms with E-state index in [1.165, 1.54) is 0 Å². The van der Waals surface area contributed by atoms with Gasteiger partial charge in [-0.1, -0.05) is 6.92 Å². The molecule has 2 amide bonds. The molecular formula is C14H17N3O3. The molecule has 1 fully saturated rings. The van der Waals surface area contributed by atoms with Gasteiger partial charge in [-0.3, -0.25) is 9.78 Å². The highest BCUT2D eigenvalue weighted by Crippen LogP contribution is 2.47. The first kappa shape index (κ1) is 12.9. The Labute approximate surface area is 116 Å². The van der Waals surface area contributed by atoms with Gasteiger partial charge in [-0.2, -0.15) is 0 Å². The third-order valence-corrected chi connectivity index (χ3v) is 4.12. The summed E-state index contributed by atoms with van der Waals surface area (Å²) < 4.78 is 5.02. The molecule has 3 rings (SSSR count). The molecule has 6 nitrogen and oxygen atoms in total. The molecule has 1 aromatic rings. The van der Waals surface area contributed by atoms with Crippen LogP contribution in [0.15, 0.2) is 6.07 Å². The Morgan fingerprint density at radius 2 is 2.25 bits per heavy atom. The number of pyridine rings is 1. The standard InChI is InChI=1S/C14H17N3O3/c1-7(20-13(15)19)11-9-6-16-12(18)8(9)5-10(17-11)14(2)3-4-14/h5,7H,3-4,6H2,1-2H3,(H2,15,19)(H,16,18). The van der Waals surface area contributed by atoms with Crippen LogP contribution in [0.5, 0.6) is 0 Å². The minimum absolute atomic E-state index is 0.0408. The van der Waals surface area contributed by atoms with Crippen molar-refractivity contribution < 1.29 is 14.3 Å². The summed E-state index contributed by atoms with van der Waals surface area (Å²) in [5, 5.41) is 2.78. The second-order valence-electron chi connectivity index (χ2n) is 5.74. The molecule has 0 aromatic carbocycles. The highest BCUT2D eigenvalue weighted by atomic mass is 16.6. The number of carbonyl (C=O) groups is 2. The van der Waals surface area contributed by atoms with Gasteiger partial charge in [0, 0.05) is 28.8 Å². The van der Waals surface area contributed by atoms with Crippen molar-refractivity contribution in [3.8, 4) is 0 Å². The molecule has 1 aromatic heterocycles. The van der Waals surface area contributed by atoms with Crippen molar-refractivity contribution in [2.45, 2.75) is 44.8 Å². The zero-order chi connectivity index (χ0) is 14.5. The first-order valence-corrected chi connectivity index (χ1v) is 6.69. The minimum Gasteiger partial charge on any atom is -0.440 e. The molecule has 1 atom stereocenters. The summed E-state index contributed by atoms with van der Waals surface area (Å²) in [5.74, 6) is -0.0968. The monoisotopic (exact) mass is 275 g/mol. The molecule has 1 unspecified atom stereocenters.